The van der Waals surface area contributed by atoms with Crippen molar-refractivity contribution >= 4 is 34.6 Å². The number of methoxy groups -OCH3 is 1. The number of hydrogen-bond acceptors (Lipinski definition) is 4. The first-order valence-corrected chi connectivity index (χ1v) is 7.66. The van der Waals surface area contributed by atoms with Crippen LogP contribution < -0.4 is 10.1 Å². The Kier molecular flexibility index (Phi) is 4.43. The number of aliphatic imine (C=N–C) groups is 1. The Labute approximate surface area is 137 Å². The van der Waals surface area contributed by atoms with Crippen LogP contribution in [0.15, 0.2) is 58.4 Å². The molecule has 2 aromatic rings. The van der Waals surface area contributed by atoms with E-state index >= 15 is 0 Å². The second-order valence-corrected chi connectivity index (χ2v) is 5.71. The van der Waals surface area contributed by atoms with Crippen LogP contribution in [0.5, 0.6) is 5.75 Å². The predicted molar refractivity (Wildman–Crippen MR) is 90.2 cm³/mol. The second-order valence-electron chi connectivity index (χ2n) is 4.68. The zero-order valence-corrected chi connectivity index (χ0v) is 13.1. The molecular formula is C17H13FN2O2S. The summed E-state index contributed by atoms with van der Waals surface area (Å²) in [6.07, 6.45) is 1.51. The summed E-state index contributed by atoms with van der Waals surface area (Å²) in [5, 5.41) is 3.10. The first kappa shape index (κ1) is 15.3. The number of carbonyl (C=O) groups is 1. The van der Waals surface area contributed by atoms with E-state index in [0.717, 1.165) is 11.8 Å². The van der Waals surface area contributed by atoms with Gasteiger partial charge in [0.25, 0.3) is 5.91 Å². The second kappa shape index (κ2) is 6.66. The van der Waals surface area contributed by atoms with Gasteiger partial charge in [0.05, 0.1) is 12.0 Å². The van der Waals surface area contributed by atoms with Gasteiger partial charge in [-0.3, -0.25) is 4.79 Å². The maximum Gasteiger partial charge on any atom is 0.264 e. The number of halogens is 1. The van der Waals surface area contributed by atoms with Crippen molar-refractivity contribution in [1.82, 2.24) is 5.32 Å². The highest BCUT2D eigenvalue weighted by Gasteiger charge is 2.24. The van der Waals surface area contributed by atoms with Crippen molar-refractivity contribution in [3.63, 3.8) is 0 Å². The lowest BCUT2D eigenvalue weighted by molar-refractivity contribution is -0.115. The molecular weight excluding hydrogens is 315 g/mol. The highest BCUT2D eigenvalue weighted by atomic mass is 32.2. The zero-order chi connectivity index (χ0) is 16.2. The predicted octanol–water partition coefficient (Wildman–Crippen LogP) is 3.73. The number of ether oxygens (including phenoxy) is 1. The third-order valence-electron chi connectivity index (χ3n) is 3.15. The van der Waals surface area contributed by atoms with Crippen LogP contribution in [0.2, 0.25) is 0 Å². The molecule has 6 heteroatoms. The monoisotopic (exact) mass is 328 g/mol. The Balaban J connectivity index is 1.88. The summed E-state index contributed by atoms with van der Waals surface area (Å²) in [5.74, 6) is -0.0585. The lowest BCUT2D eigenvalue weighted by atomic mass is 10.2. The van der Waals surface area contributed by atoms with E-state index in [-0.39, 0.29) is 11.7 Å². The Morgan fingerprint density at radius 1 is 1.17 bits per heavy atom. The molecule has 0 atom stereocenters. The largest absolute Gasteiger partial charge is 0.494 e. The van der Waals surface area contributed by atoms with Gasteiger partial charge in [-0.2, -0.15) is 0 Å². The number of amides is 1. The molecule has 1 heterocycles. The number of nitrogens with one attached hydrogen (secondary N) is 1. The minimum absolute atomic E-state index is 0.299. The number of rotatable bonds is 3. The maximum atomic E-state index is 13.7. The number of thioether (sulfide) groups is 1. The van der Waals surface area contributed by atoms with E-state index in [4.69, 9.17) is 4.74 Å². The number of carbonyl (C=O) groups excluding carboxylic acids is 1. The molecule has 1 aliphatic heterocycles. The van der Waals surface area contributed by atoms with E-state index in [0.29, 0.717) is 27.1 Å². The van der Waals surface area contributed by atoms with Crippen LogP contribution in [0.1, 0.15) is 5.56 Å². The fourth-order valence-corrected chi connectivity index (χ4v) is 2.87. The van der Waals surface area contributed by atoms with E-state index in [2.05, 4.69) is 10.3 Å². The summed E-state index contributed by atoms with van der Waals surface area (Å²) in [7, 11) is 1.56. The Morgan fingerprint density at radius 2 is 1.91 bits per heavy atom. The number of hydrogen-bond donors (Lipinski definition) is 1. The third kappa shape index (κ3) is 3.43. The van der Waals surface area contributed by atoms with Gasteiger partial charge in [0.2, 0.25) is 0 Å². The maximum absolute atomic E-state index is 13.7. The molecule has 2 aromatic carbocycles. The molecule has 0 aliphatic carbocycles. The molecule has 3 rings (SSSR count). The topological polar surface area (TPSA) is 50.7 Å². The van der Waals surface area contributed by atoms with Crippen molar-refractivity contribution < 1.29 is 13.9 Å². The first-order chi connectivity index (χ1) is 11.2. The Hall–Kier alpha value is -2.60. The zero-order valence-electron chi connectivity index (χ0n) is 12.2. The third-order valence-corrected chi connectivity index (χ3v) is 4.06. The SMILES string of the molecule is COc1ccccc1N=C1NC(=O)/C(=C/c2ccccc2F)S1. The minimum Gasteiger partial charge on any atom is -0.494 e. The lowest BCUT2D eigenvalue weighted by Crippen LogP contribution is -2.19. The van der Waals surface area contributed by atoms with Crippen LogP contribution in [-0.4, -0.2) is 18.2 Å². The van der Waals surface area contributed by atoms with Crippen molar-refractivity contribution in [2.75, 3.05) is 7.11 Å². The van der Waals surface area contributed by atoms with Gasteiger partial charge in [0.1, 0.15) is 17.3 Å². The molecule has 23 heavy (non-hydrogen) atoms. The number of nitrogens with zero attached hydrogens (tertiary/aromatic N) is 1. The van der Waals surface area contributed by atoms with Crippen LogP contribution in [0.3, 0.4) is 0 Å². The summed E-state index contributed by atoms with van der Waals surface area (Å²) in [5.41, 5.74) is 0.980. The van der Waals surface area contributed by atoms with Gasteiger partial charge >= 0.3 is 0 Å². The molecule has 1 aliphatic rings. The summed E-state index contributed by atoms with van der Waals surface area (Å²) in [4.78, 5) is 16.8. The van der Waals surface area contributed by atoms with Gasteiger partial charge in [0, 0.05) is 5.56 Å². The highest BCUT2D eigenvalue weighted by molar-refractivity contribution is 8.18. The van der Waals surface area contributed by atoms with Crippen LogP contribution in [0.25, 0.3) is 6.08 Å². The molecule has 0 saturated carbocycles. The summed E-state index contributed by atoms with van der Waals surface area (Å²) in [6, 6.07) is 13.5. The van der Waals surface area contributed by atoms with Gasteiger partial charge < -0.3 is 10.1 Å². The van der Waals surface area contributed by atoms with Crippen molar-refractivity contribution in [3.05, 3.63) is 64.8 Å². The van der Waals surface area contributed by atoms with Crippen LogP contribution >= 0.6 is 11.8 Å². The van der Waals surface area contributed by atoms with E-state index in [1.54, 1.807) is 37.4 Å². The molecule has 1 amide bonds. The summed E-state index contributed by atoms with van der Waals surface area (Å²) >= 11 is 1.16. The van der Waals surface area contributed by atoms with Gasteiger partial charge in [-0.05, 0) is 36.0 Å². The van der Waals surface area contributed by atoms with Crippen LogP contribution in [0.4, 0.5) is 10.1 Å². The fourth-order valence-electron chi connectivity index (χ4n) is 2.05. The standard InChI is InChI=1S/C17H13FN2O2S/c1-22-14-9-5-4-8-13(14)19-17-20-16(21)15(23-17)10-11-6-2-3-7-12(11)18/h2-10H,1H3,(H,19,20,21)/b15-10-. The number of benzene rings is 2. The smallest absolute Gasteiger partial charge is 0.264 e. The van der Waals surface area contributed by atoms with E-state index in [1.165, 1.54) is 12.1 Å². The normalized spacial score (nSPS) is 17.6. The van der Waals surface area contributed by atoms with Gasteiger partial charge in [-0.15, -0.1) is 0 Å². The van der Waals surface area contributed by atoms with Gasteiger partial charge in [-0.1, -0.05) is 30.3 Å². The van der Waals surface area contributed by atoms with Crippen molar-refractivity contribution in [3.8, 4) is 5.75 Å². The summed E-state index contributed by atoms with van der Waals surface area (Å²) < 4.78 is 18.9. The van der Waals surface area contributed by atoms with Crippen LogP contribution in [0, 0.1) is 5.82 Å². The summed E-state index contributed by atoms with van der Waals surface area (Å²) in [6.45, 7) is 0. The lowest BCUT2D eigenvalue weighted by Gasteiger charge is -2.03. The molecule has 1 N–H and O–H groups in total. The van der Waals surface area contributed by atoms with E-state index in [9.17, 15) is 9.18 Å². The molecule has 1 fully saturated rings. The molecule has 116 valence electrons. The molecule has 1 saturated heterocycles. The molecule has 0 unspecified atom stereocenters. The van der Waals surface area contributed by atoms with Gasteiger partial charge in [-0.25, -0.2) is 9.38 Å². The molecule has 0 aromatic heterocycles. The molecule has 0 spiro atoms. The molecule has 0 radical (unpaired) electrons. The van der Waals surface area contributed by atoms with E-state index < -0.39 is 0 Å². The molecule has 4 nitrogen and oxygen atoms in total. The van der Waals surface area contributed by atoms with Crippen molar-refractivity contribution in [2.45, 2.75) is 0 Å². The van der Waals surface area contributed by atoms with Gasteiger partial charge in [0.15, 0.2) is 5.17 Å². The van der Waals surface area contributed by atoms with Crippen molar-refractivity contribution in [1.29, 1.82) is 0 Å². The van der Waals surface area contributed by atoms with Crippen LogP contribution in [-0.2, 0) is 4.79 Å². The minimum atomic E-state index is -0.372. The number of para-hydroxylation sites is 2. The quantitative estimate of drug-likeness (QED) is 0.874. The average molecular weight is 328 g/mol. The molecule has 0 bridgehead atoms. The fraction of sp³-hybridized carbons (Fsp3) is 0.0588. The number of amidine groups is 1. The van der Waals surface area contributed by atoms with Crippen molar-refractivity contribution in [2.24, 2.45) is 4.99 Å². The first-order valence-electron chi connectivity index (χ1n) is 6.84. The average Bonchev–Trinajstić information content (AvgIpc) is 2.89. The van der Waals surface area contributed by atoms with E-state index in [1.807, 2.05) is 12.1 Å². The highest BCUT2D eigenvalue weighted by Crippen LogP contribution is 2.32. The Morgan fingerprint density at radius 3 is 2.70 bits per heavy atom. The Bertz CT molecular complexity index is 818.